The van der Waals surface area contributed by atoms with Gasteiger partial charge in [-0.3, -0.25) is 4.79 Å². The normalized spacial score (nSPS) is 11.2. The SMILES string of the molecule is O=C(Nc1cc(Cl)cc(Cl)c1)C(=Cc1ccccc1)c1ccccc1. The summed E-state index contributed by atoms with van der Waals surface area (Å²) in [6.07, 6.45) is 1.86. The van der Waals surface area contributed by atoms with E-state index in [0.29, 0.717) is 21.3 Å². The third-order valence-corrected chi connectivity index (χ3v) is 4.00. The molecule has 4 heteroatoms. The molecule has 0 spiro atoms. The van der Waals surface area contributed by atoms with Crippen LogP contribution in [0.2, 0.25) is 10.0 Å². The van der Waals surface area contributed by atoms with Crippen molar-refractivity contribution >= 4 is 46.4 Å². The van der Waals surface area contributed by atoms with Gasteiger partial charge in [0, 0.05) is 21.3 Å². The summed E-state index contributed by atoms with van der Waals surface area (Å²) in [7, 11) is 0. The van der Waals surface area contributed by atoms with Crippen LogP contribution in [0.4, 0.5) is 5.69 Å². The molecule has 25 heavy (non-hydrogen) atoms. The van der Waals surface area contributed by atoms with E-state index in [9.17, 15) is 4.79 Å². The largest absolute Gasteiger partial charge is 0.322 e. The number of benzene rings is 3. The second kappa shape index (κ2) is 8.02. The molecular formula is C21H15Cl2NO. The van der Waals surface area contributed by atoms with Crippen LogP contribution in [0.5, 0.6) is 0 Å². The summed E-state index contributed by atoms with van der Waals surface area (Å²) in [4.78, 5) is 12.9. The Morgan fingerprint density at radius 3 is 1.96 bits per heavy atom. The smallest absolute Gasteiger partial charge is 0.256 e. The maximum Gasteiger partial charge on any atom is 0.256 e. The van der Waals surface area contributed by atoms with Crippen molar-refractivity contribution in [1.82, 2.24) is 0 Å². The zero-order valence-corrected chi connectivity index (χ0v) is 14.8. The van der Waals surface area contributed by atoms with Crippen molar-refractivity contribution in [3.8, 4) is 0 Å². The molecule has 1 amide bonds. The molecule has 0 heterocycles. The topological polar surface area (TPSA) is 29.1 Å². The van der Waals surface area contributed by atoms with Crippen molar-refractivity contribution in [2.24, 2.45) is 0 Å². The third-order valence-electron chi connectivity index (χ3n) is 3.56. The molecule has 0 aliphatic carbocycles. The van der Waals surface area contributed by atoms with Crippen molar-refractivity contribution in [2.75, 3.05) is 5.32 Å². The van der Waals surface area contributed by atoms with Crippen molar-refractivity contribution in [2.45, 2.75) is 0 Å². The summed E-state index contributed by atoms with van der Waals surface area (Å²) in [6.45, 7) is 0. The number of hydrogen-bond acceptors (Lipinski definition) is 1. The van der Waals surface area contributed by atoms with Crippen LogP contribution in [0.3, 0.4) is 0 Å². The van der Waals surface area contributed by atoms with Gasteiger partial charge in [0.05, 0.1) is 0 Å². The van der Waals surface area contributed by atoms with Crippen LogP contribution < -0.4 is 5.32 Å². The number of amides is 1. The second-order valence-electron chi connectivity index (χ2n) is 5.45. The van der Waals surface area contributed by atoms with Gasteiger partial charge in [-0.1, -0.05) is 83.9 Å². The van der Waals surface area contributed by atoms with Crippen LogP contribution in [0.25, 0.3) is 11.6 Å². The standard InChI is InChI=1S/C21H15Cl2NO/c22-17-12-18(23)14-19(13-17)24-21(25)20(16-9-5-2-6-10-16)11-15-7-3-1-4-8-15/h1-14H,(H,24,25). The summed E-state index contributed by atoms with van der Waals surface area (Å²) in [6, 6.07) is 24.2. The average Bonchev–Trinajstić information content (AvgIpc) is 2.60. The summed E-state index contributed by atoms with van der Waals surface area (Å²) in [5, 5.41) is 3.80. The van der Waals surface area contributed by atoms with Gasteiger partial charge >= 0.3 is 0 Å². The van der Waals surface area contributed by atoms with E-state index >= 15 is 0 Å². The van der Waals surface area contributed by atoms with E-state index in [1.165, 1.54) is 0 Å². The van der Waals surface area contributed by atoms with E-state index in [2.05, 4.69) is 5.32 Å². The van der Waals surface area contributed by atoms with Crippen LogP contribution in [0.1, 0.15) is 11.1 Å². The van der Waals surface area contributed by atoms with E-state index in [1.54, 1.807) is 18.2 Å². The van der Waals surface area contributed by atoms with Gasteiger partial charge in [0.1, 0.15) is 0 Å². The van der Waals surface area contributed by atoms with Crippen molar-refractivity contribution < 1.29 is 4.79 Å². The van der Waals surface area contributed by atoms with Crippen molar-refractivity contribution in [1.29, 1.82) is 0 Å². The molecule has 0 aliphatic rings. The van der Waals surface area contributed by atoms with Crippen LogP contribution in [-0.2, 0) is 4.79 Å². The minimum atomic E-state index is -0.228. The van der Waals surface area contributed by atoms with E-state index in [4.69, 9.17) is 23.2 Å². The predicted molar refractivity (Wildman–Crippen MR) is 106 cm³/mol. The molecule has 0 fully saturated rings. The number of rotatable bonds is 4. The number of anilines is 1. The Bertz CT molecular complexity index is 885. The quantitative estimate of drug-likeness (QED) is 0.433. The number of carbonyl (C=O) groups is 1. The molecule has 0 atom stereocenters. The Kier molecular flexibility index (Phi) is 5.54. The molecule has 0 radical (unpaired) electrons. The molecule has 2 nitrogen and oxygen atoms in total. The minimum Gasteiger partial charge on any atom is -0.322 e. The first-order valence-electron chi connectivity index (χ1n) is 7.71. The first kappa shape index (κ1) is 17.3. The predicted octanol–water partition coefficient (Wildman–Crippen LogP) is 6.17. The molecule has 3 aromatic rings. The summed E-state index contributed by atoms with van der Waals surface area (Å²) in [5.41, 5.74) is 2.89. The highest BCUT2D eigenvalue weighted by molar-refractivity contribution is 6.35. The third kappa shape index (κ3) is 4.72. The van der Waals surface area contributed by atoms with Gasteiger partial charge in [-0.25, -0.2) is 0 Å². The van der Waals surface area contributed by atoms with Crippen LogP contribution in [0.15, 0.2) is 78.9 Å². The Morgan fingerprint density at radius 1 is 0.800 bits per heavy atom. The van der Waals surface area contributed by atoms with E-state index in [-0.39, 0.29) is 5.91 Å². The molecule has 1 N–H and O–H groups in total. The van der Waals surface area contributed by atoms with Gasteiger partial charge in [0.15, 0.2) is 0 Å². The monoisotopic (exact) mass is 367 g/mol. The lowest BCUT2D eigenvalue weighted by Crippen LogP contribution is -2.13. The summed E-state index contributed by atoms with van der Waals surface area (Å²) in [5.74, 6) is -0.228. The number of hydrogen-bond donors (Lipinski definition) is 1. The van der Waals surface area contributed by atoms with E-state index < -0.39 is 0 Å². The highest BCUT2D eigenvalue weighted by atomic mass is 35.5. The van der Waals surface area contributed by atoms with E-state index in [0.717, 1.165) is 11.1 Å². The lowest BCUT2D eigenvalue weighted by Gasteiger charge is -2.10. The minimum absolute atomic E-state index is 0.228. The highest BCUT2D eigenvalue weighted by Crippen LogP contribution is 2.25. The lowest BCUT2D eigenvalue weighted by atomic mass is 10.0. The Balaban J connectivity index is 1.96. The molecule has 0 saturated heterocycles. The molecule has 0 aliphatic heterocycles. The number of nitrogens with one attached hydrogen (secondary N) is 1. The van der Waals surface area contributed by atoms with Crippen molar-refractivity contribution in [3.05, 3.63) is 100 Å². The van der Waals surface area contributed by atoms with Gasteiger partial charge in [-0.15, -0.1) is 0 Å². The maximum absolute atomic E-state index is 12.9. The van der Waals surface area contributed by atoms with E-state index in [1.807, 2.05) is 66.7 Å². The summed E-state index contributed by atoms with van der Waals surface area (Å²) < 4.78 is 0. The molecule has 3 rings (SSSR count). The zero-order chi connectivity index (χ0) is 17.6. The molecule has 0 saturated carbocycles. The first-order chi connectivity index (χ1) is 12.1. The maximum atomic E-state index is 12.9. The molecule has 124 valence electrons. The van der Waals surface area contributed by atoms with Gasteiger partial charge < -0.3 is 5.32 Å². The Hall–Kier alpha value is -2.55. The van der Waals surface area contributed by atoms with Crippen LogP contribution in [0, 0.1) is 0 Å². The van der Waals surface area contributed by atoms with Crippen molar-refractivity contribution in [3.63, 3.8) is 0 Å². The fraction of sp³-hybridized carbons (Fsp3) is 0. The van der Waals surface area contributed by atoms with Crippen LogP contribution >= 0.6 is 23.2 Å². The molecule has 0 unspecified atom stereocenters. The van der Waals surface area contributed by atoms with Gasteiger partial charge in [-0.05, 0) is 35.4 Å². The lowest BCUT2D eigenvalue weighted by molar-refractivity contribution is -0.111. The molecule has 3 aromatic carbocycles. The first-order valence-corrected chi connectivity index (χ1v) is 8.47. The number of halogens is 2. The highest BCUT2D eigenvalue weighted by Gasteiger charge is 2.13. The Morgan fingerprint density at radius 2 is 1.36 bits per heavy atom. The molecular weight excluding hydrogens is 353 g/mol. The molecule has 0 aromatic heterocycles. The molecule has 0 bridgehead atoms. The zero-order valence-electron chi connectivity index (χ0n) is 13.2. The van der Waals surface area contributed by atoms with Gasteiger partial charge in [0.2, 0.25) is 0 Å². The Labute approximate surface area is 156 Å². The average molecular weight is 368 g/mol. The summed E-state index contributed by atoms with van der Waals surface area (Å²) >= 11 is 12.0. The van der Waals surface area contributed by atoms with Crippen LogP contribution in [-0.4, -0.2) is 5.91 Å². The second-order valence-corrected chi connectivity index (χ2v) is 6.32. The number of carbonyl (C=O) groups excluding carboxylic acids is 1. The van der Waals surface area contributed by atoms with Gasteiger partial charge in [-0.2, -0.15) is 0 Å². The van der Waals surface area contributed by atoms with Gasteiger partial charge in [0.25, 0.3) is 5.91 Å². The fourth-order valence-electron chi connectivity index (χ4n) is 2.44. The fourth-order valence-corrected chi connectivity index (χ4v) is 2.96.